The molecule has 3 rings (SSSR count). The molecule has 0 aliphatic carbocycles. The average molecular weight is 308 g/mol. The highest BCUT2D eigenvalue weighted by molar-refractivity contribution is 8.19. The predicted octanol–water partition coefficient (Wildman–Crippen LogP) is 2.65. The number of thioether (sulfide) groups is 2. The van der Waals surface area contributed by atoms with E-state index in [1.807, 2.05) is 35.7 Å². The Labute approximate surface area is 128 Å². The normalized spacial score (nSPS) is 21.0. The first-order chi connectivity index (χ1) is 9.83. The molecule has 1 aromatic carbocycles. The summed E-state index contributed by atoms with van der Waals surface area (Å²) in [7, 11) is 0. The van der Waals surface area contributed by atoms with Gasteiger partial charge in [0, 0.05) is 23.1 Å². The lowest BCUT2D eigenvalue weighted by Crippen LogP contribution is -2.42. The Morgan fingerprint density at radius 3 is 2.40 bits per heavy atom. The van der Waals surface area contributed by atoms with E-state index in [1.165, 1.54) is 17.1 Å². The number of nitrogens with one attached hydrogen (secondary N) is 2. The van der Waals surface area contributed by atoms with Crippen LogP contribution in [-0.2, 0) is 0 Å². The molecule has 2 fully saturated rings. The molecule has 0 bridgehead atoms. The summed E-state index contributed by atoms with van der Waals surface area (Å²) in [6.07, 6.45) is 2.05. The molecule has 3 nitrogen and oxygen atoms in total. The van der Waals surface area contributed by atoms with Crippen molar-refractivity contribution in [2.75, 3.05) is 24.6 Å². The lowest BCUT2D eigenvalue weighted by Gasteiger charge is -2.23. The smallest absolute Gasteiger partial charge is 0.251 e. The monoisotopic (exact) mass is 308 g/mol. The maximum atomic E-state index is 12.2. The van der Waals surface area contributed by atoms with Crippen molar-refractivity contribution in [3.8, 4) is 0 Å². The number of rotatable bonds is 3. The average Bonchev–Trinajstić information content (AvgIpc) is 3.03. The van der Waals surface area contributed by atoms with Crippen LogP contribution in [0.15, 0.2) is 24.3 Å². The van der Waals surface area contributed by atoms with E-state index >= 15 is 0 Å². The molecule has 1 amide bonds. The van der Waals surface area contributed by atoms with Crippen LogP contribution >= 0.6 is 23.5 Å². The van der Waals surface area contributed by atoms with Gasteiger partial charge in [0.25, 0.3) is 5.91 Å². The van der Waals surface area contributed by atoms with Crippen LogP contribution in [-0.4, -0.2) is 36.5 Å². The molecule has 2 heterocycles. The van der Waals surface area contributed by atoms with Gasteiger partial charge < -0.3 is 10.6 Å². The molecule has 2 saturated heterocycles. The van der Waals surface area contributed by atoms with E-state index in [9.17, 15) is 4.79 Å². The second-order valence-electron chi connectivity index (χ2n) is 5.19. The Morgan fingerprint density at radius 1 is 1.10 bits per heavy atom. The van der Waals surface area contributed by atoms with Crippen LogP contribution in [0, 0.1) is 0 Å². The van der Waals surface area contributed by atoms with E-state index in [1.54, 1.807) is 0 Å². The largest absolute Gasteiger partial charge is 0.349 e. The summed E-state index contributed by atoms with van der Waals surface area (Å²) in [5, 5.41) is 6.45. The standard InChI is InChI=1S/C15H20N2OS2/c18-14(17-13-5-7-16-8-6-13)11-1-3-12(4-2-11)15-19-9-10-20-15/h1-4,13,15-16H,5-10H2,(H,17,18). The zero-order valence-corrected chi connectivity index (χ0v) is 13.1. The van der Waals surface area contributed by atoms with Gasteiger partial charge in [-0.1, -0.05) is 12.1 Å². The SMILES string of the molecule is O=C(NC1CCNCC1)c1ccc(C2SCCS2)cc1. The Bertz CT molecular complexity index is 451. The Kier molecular flexibility index (Phi) is 4.91. The molecule has 0 atom stereocenters. The third-order valence-electron chi connectivity index (χ3n) is 3.74. The fourth-order valence-electron chi connectivity index (χ4n) is 2.58. The van der Waals surface area contributed by atoms with E-state index in [0.29, 0.717) is 10.6 Å². The minimum atomic E-state index is 0.0650. The summed E-state index contributed by atoms with van der Waals surface area (Å²) in [5.74, 6) is 2.52. The first-order valence-electron chi connectivity index (χ1n) is 7.18. The van der Waals surface area contributed by atoms with Crippen molar-refractivity contribution in [1.82, 2.24) is 10.6 Å². The van der Waals surface area contributed by atoms with Crippen molar-refractivity contribution in [3.63, 3.8) is 0 Å². The van der Waals surface area contributed by atoms with Gasteiger partial charge in [-0.05, 0) is 43.6 Å². The van der Waals surface area contributed by atoms with E-state index in [0.717, 1.165) is 31.5 Å². The van der Waals surface area contributed by atoms with Gasteiger partial charge in [0.1, 0.15) is 0 Å². The molecule has 1 aromatic rings. The van der Waals surface area contributed by atoms with Crippen LogP contribution in [0.1, 0.15) is 33.3 Å². The lowest BCUT2D eigenvalue weighted by molar-refractivity contribution is 0.0929. The predicted molar refractivity (Wildman–Crippen MR) is 87.5 cm³/mol. The Morgan fingerprint density at radius 2 is 1.75 bits per heavy atom. The van der Waals surface area contributed by atoms with Crippen LogP contribution in [0.4, 0.5) is 0 Å². The zero-order valence-electron chi connectivity index (χ0n) is 11.4. The second-order valence-corrected chi connectivity index (χ2v) is 7.92. The number of hydrogen-bond acceptors (Lipinski definition) is 4. The highest BCUT2D eigenvalue weighted by atomic mass is 32.2. The van der Waals surface area contributed by atoms with E-state index in [4.69, 9.17) is 0 Å². The molecule has 0 spiro atoms. The van der Waals surface area contributed by atoms with Crippen LogP contribution in [0.3, 0.4) is 0 Å². The molecule has 0 unspecified atom stereocenters. The minimum Gasteiger partial charge on any atom is -0.349 e. The molecule has 0 radical (unpaired) electrons. The van der Waals surface area contributed by atoms with Gasteiger partial charge in [-0.25, -0.2) is 0 Å². The van der Waals surface area contributed by atoms with Crippen LogP contribution in [0.25, 0.3) is 0 Å². The van der Waals surface area contributed by atoms with Gasteiger partial charge >= 0.3 is 0 Å². The molecule has 0 saturated carbocycles. The highest BCUT2D eigenvalue weighted by Gasteiger charge is 2.19. The summed E-state index contributed by atoms with van der Waals surface area (Å²) >= 11 is 3.99. The van der Waals surface area contributed by atoms with Crippen molar-refractivity contribution in [2.24, 2.45) is 0 Å². The van der Waals surface area contributed by atoms with E-state index in [-0.39, 0.29) is 5.91 Å². The maximum absolute atomic E-state index is 12.2. The molecule has 5 heteroatoms. The van der Waals surface area contributed by atoms with Gasteiger partial charge in [-0.2, -0.15) is 0 Å². The number of carbonyl (C=O) groups excluding carboxylic acids is 1. The molecule has 2 aliphatic rings. The van der Waals surface area contributed by atoms with Crippen molar-refractivity contribution in [3.05, 3.63) is 35.4 Å². The number of carbonyl (C=O) groups is 1. The minimum absolute atomic E-state index is 0.0650. The molecule has 2 N–H and O–H groups in total. The second kappa shape index (κ2) is 6.87. The van der Waals surface area contributed by atoms with E-state index in [2.05, 4.69) is 22.8 Å². The molecule has 0 aromatic heterocycles. The fourth-order valence-corrected chi connectivity index (χ4v) is 5.44. The van der Waals surface area contributed by atoms with Crippen molar-refractivity contribution in [2.45, 2.75) is 23.5 Å². The number of piperidine rings is 1. The topological polar surface area (TPSA) is 41.1 Å². The first kappa shape index (κ1) is 14.3. The van der Waals surface area contributed by atoms with Gasteiger partial charge in [0.05, 0.1) is 4.58 Å². The number of benzene rings is 1. The quantitative estimate of drug-likeness (QED) is 0.901. The maximum Gasteiger partial charge on any atom is 0.251 e. The lowest BCUT2D eigenvalue weighted by atomic mass is 10.1. The fraction of sp³-hybridized carbons (Fsp3) is 0.533. The summed E-state index contributed by atoms with van der Waals surface area (Å²) in [6, 6.07) is 8.46. The Hall–Kier alpha value is -0.650. The highest BCUT2D eigenvalue weighted by Crippen LogP contribution is 2.45. The van der Waals surface area contributed by atoms with Crippen LogP contribution < -0.4 is 10.6 Å². The van der Waals surface area contributed by atoms with Gasteiger partial charge in [-0.3, -0.25) is 4.79 Å². The van der Waals surface area contributed by atoms with Crippen molar-refractivity contribution < 1.29 is 4.79 Å². The summed E-state index contributed by atoms with van der Waals surface area (Å²) in [5.41, 5.74) is 2.11. The van der Waals surface area contributed by atoms with Gasteiger partial charge in [0.15, 0.2) is 0 Å². The van der Waals surface area contributed by atoms with E-state index < -0.39 is 0 Å². The molecule has 108 valence electrons. The Balaban J connectivity index is 1.59. The van der Waals surface area contributed by atoms with Crippen molar-refractivity contribution in [1.29, 1.82) is 0 Å². The van der Waals surface area contributed by atoms with Crippen LogP contribution in [0.5, 0.6) is 0 Å². The molecular formula is C15H20N2OS2. The third-order valence-corrected chi connectivity index (χ3v) is 6.85. The molecule has 2 aliphatic heterocycles. The van der Waals surface area contributed by atoms with Gasteiger partial charge in [0.2, 0.25) is 0 Å². The summed E-state index contributed by atoms with van der Waals surface area (Å²) in [4.78, 5) is 12.2. The van der Waals surface area contributed by atoms with Gasteiger partial charge in [-0.15, -0.1) is 23.5 Å². The third kappa shape index (κ3) is 3.51. The zero-order chi connectivity index (χ0) is 13.8. The van der Waals surface area contributed by atoms with Crippen LogP contribution in [0.2, 0.25) is 0 Å². The number of hydrogen-bond donors (Lipinski definition) is 2. The summed E-state index contributed by atoms with van der Waals surface area (Å²) < 4.78 is 0.552. The number of amides is 1. The summed E-state index contributed by atoms with van der Waals surface area (Å²) in [6.45, 7) is 2.00. The molecular weight excluding hydrogens is 288 g/mol. The first-order valence-corrected chi connectivity index (χ1v) is 9.27. The molecule has 20 heavy (non-hydrogen) atoms. The van der Waals surface area contributed by atoms with Crippen molar-refractivity contribution >= 4 is 29.4 Å².